The monoisotopic (exact) mass is 305 g/mol. The van der Waals surface area contributed by atoms with Crippen molar-refractivity contribution < 1.29 is 9.53 Å². The Hall–Kier alpha value is -2.60. The molecule has 0 amide bonds. The molecule has 1 aromatic carbocycles. The van der Waals surface area contributed by atoms with Gasteiger partial charge >= 0.3 is 0 Å². The Morgan fingerprint density at radius 3 is 2.65 bits per heavy atom. The van der Waals surface area contributed by atoms with E-state index in [1.807, 2.05) is 36.4 Å². The highest BCUT2D eigenvalue weighted by molar-refractivity contribution is 5.98. The van der Waals surface area contributed by atoms with Crippen LogP contribution in [0.15, 0.2) is 36.4 Å². The van der Waals surface area contributed by atoms with Crippen LogP contribution >= 0.6 is 0 Å². The molecule has 0 saturated heterocycles. The zero-order valence-electron chi connectivity index (χ0n) is 13.6. The van der Waals surface area contributed by atoms with Crippen LogP contribution in [0, 0.1) is 17.3 Å². The van der Waals surface area contributed by atoms with E-state index in [9.17, 15) is 4.79 Å². The lowest BCUT2D eigenvalue weighted by Gasteiger charge is -2.29. The Balaban J connectivity index is 1.95. The molecule has 23 heavy (non-hydrogen) atoms. The van der Waals surface area contributed by atoms with E-state index in [-0.39, 0.29) is 11.2 Å². The summed E-state index contributed by atoms with van der Waals surface area (Å²) in [5.74, 6) is 7.09. The van der Waals surface area contributed by atoms with Crippen LogP contribution in [0.5, 0.6) is 5.75 Å². The van der Waals surface area contributed by atoms with Crippen molar-refractivity contribution >= 4 is 5.78 Å². The third-order valence-corrected chi connectivity index (χ3v) is 3.99. The van der Waals surface area contributed by atoms with Gasteiger partial charge in [-0.05, 0) is 42.0 Å². The molecule has 1 aromatic heterocycles. The van der Waals surface area contributed by atoms with E-state index in [0.717, 1.165) is 29.0 Å². The summed E-state index contributed by atoms with van der Waals surface area (Å²) in [6.45, 7) is 4.20. The zero-order chi connectivity index (χ0) is 16.4. The number of nitrogens with zero attached hydrogens (tertiary/aromatic N) is 1. The average Bonchev–Trinajstić information content (AvgIpc) is 2.51. The summed E-state index contributed by atoms with van der Waals surface area (Å²) in [5.41, 5.74) is 3.07. The molecule has 1 aliphatic carbocycles. The van der Waals surface area contributed by atoms with Gasteiger partial charge < -0.3 is 4.74 Å². The molecule has 2 aromatic rings. The maximum Gasteiger partial charge on any atom is 0.165 e. The molecule has 0 spiro atoms. The average molecular weight is 305 g/mol. The maximum absolute atomic E-state index is 12.2. The molecule has 3 rings (SSSR count). The predicted octanol–water partition coefficient (Wildman–Crippen LogP) is 3.65. The number of rotatable bonds is 1. The van der Waals surface area contributed by atoms with Gasteiger partial charge in [-0.3, -0.25) is 4.79 Å². The van der Waals surface area contributed by atoms with Crippen LogP contribution in [0.4, 0.5) is 0 Å². The molecule has 1 heterocycles. The van der Waals surface area contributed by atoms with Crippen molar-refractivity contribution in [2.24, 2.45) is 5.41 Å². The number of carbonyl (C=O) groups excluding carboxylic acids is 1. The lowest BCUT2D eigenvalue weighted by Crippen LogP contribution is -2.28. The van der Waals surface area contributed by atoms with E-state index in [4.69, 9.17) is 4.74 Å². The van der Waals surface area contributed by atoms with Crippen LogP contribution in [0.1, 0.15) is 47.6 Å². The van der Waals surface area contributed by atoms with Crippen LogP contribution < -0.4 is 4.74 Å². The number of hydrogen-bond donors (Lipinski definition) is 0. The molecule has 0 atom stereocenters. The van der Waals surface area contributed by atoms with Gasteiger partial charge in [-0.1, -0.05) is 31.9 Å². The van der Waals surface area contributed by atoms with Crippen molar-refractivity contribution in [1.29, 1.82) is 0 Å². The number of benzene rings is 1. The summed E-state index contributed by atoms with van der Waals surface area (Å²) in [7, 11) is 1.63. The minimum atomic E-state index is -0.0359. The normalized spacial score (nSPS) is 15.3. The number of methoxy groups -OCH3 is 1. The van der Waals surface area contributed by atoms with Gasteiger partial charge in [0.1, 0.15) is 11.4 Å². The van der Waals surface area contributed by atoms with Crippen molar-refractivity contribution in [1.82, 2.24) is 4.98 Å². The maximum atomic E-state index is 12.2. The zero-order valence-corrected chi connectivity index (χ0v) is 13.6. The third kappa shape index (κ3) is 3.27. The van der Waals surface area contributed by atoms with Gasteiger partial charge in [0.2, 0.25) is 0 Å². The van der Waals surface area contributed by atoms with Crippen molar-refractivity contribution in [3.8, 4) is 17.6 Å². The number of ketones is 1. The van der Waals surface area contributed by atoms with Gasteiger partial charge in [0.05, 0.1) is 18.4 Å². The minimum Gasteiger partial charge on any atom is -0.495 e. The number of para-hydroxylation sites is 1. The van der Waals surface area contributed by atoms with E-state index in [1.54, 1.807) is 7.11 Å². The molecular formula is C20H19NO2. The summed E-state index contributed by atoms with van der Waals surface area (Å²) < 4.78 is 5.30. The standard InChI is InChI=1S/C20H19NO2/c1-20(2)12-17-16(18(22)13-20)11-10-15(21-17)9-8-14-6-4-5-7-19(14)23-3/h4-7,10-11H,12-13H2,1-3H3. The Kier molecular flexibility index (Phi) is 3.92. The van der Waals surface area contributed by atoms with Gasteiger partial charge in [-0.15, -0.1) is 0 Å². The highest BCUT2D eigenvalue weighted by Gasteiger charge is 2.31. The fraction of sp³-hybridized carbons (Fsp3) is 0.300. The van der Waals surface area contributed by atoms with E-state index in [2.05, 4.69) is 30.7 Å². The van der Waals surface area contributed by atoms with E-state index in [1.165, 1.54) is 0 Å². The third-order valence-electron chi connectivity index (χ3n) is 3.99. The van der Waals surface area contributed by atoms with Crippen LogP contribution in [0.25, 0.3) is 0 Å². The van der Waals surface area contributed by atoms with Crippen LogP contribution in [-0.2, 0) is 6.42 Å². The first-order chi connectivity index (χ1) is 11.0. The first-order valence-corrected chi connectivity index (χ1v) is 7.67. The van der Waals surface area contributed by atoms with Crippen LogP contribution in [0.2, 0.25) is 0 Å². The predicted molar refractivity (Wildman–Crippen MR) is 89.6 cm³/mol. The lowest BCUT2D eigenvalue weighted by molar-refractivity contribution is 0.0910. The molecule has 0 unspecified atom stereocenters. The van der Waals surface area contributed by atoms with Gasteiger partial charge in [0.15, 0.2) is 5.78 Å². The fourth-order valence-corrected chi connectivity index (χ4v) is 2.88. The van der Waals surface area contributed by atoms with Crippen LogP contribution in [-0.4, -0.2) is 17.9 Å². The smallest absolute Gasteiger partial charge is 0.165 e. The largest absolute Gasteiger partial charge is 0.495 e. The summed E-state index contributed by atoms with van der Waals surface area (Å²) in [4.78, 5) is 16.8. The first kappa shape index (κ1) is 15.3. The Labute approximate surface area is 136 Å². The molecule has 116 valence electrons. The molecule has 0 aliphatic heterocycles. The Morgan fingerprint density at radius 1 is 1.09 bits per heavy atom. The highest BCUT2D eigenvalue weighted by Crippen LogP contribution is 2.33. The Bertz CT molecular complexity index is 825. The number of ether oxygens (including phenoxy) is 1. The summed E-state index contributed by atoms with van der Waals surface area (Å²) in [6, 6.07) is 11.3. The molecule has 0 fully saturated rings. The topological polar surface area (TPSA) is 39.2 Å². The van der Waals surface area contributed by atoms with Crippen molar-refractivity contribution in [2.45, 2.75) is 26.7 Å². The SMILES string of the molecule is COc1ccccc1C#Cc1ccc2c(n1)CC(C)(C)CC2=O. The number of pyridine rings is 1. The lowest BCUT2D eigenvalue weighted by atomic mass is 9.75. The van der Waals surface area contributed by atoms with Crippen molar-refractivity contribution in [3.05, 3.63) is 58.9 Å². The summed E-state index contributed by atoms with van der Waals surface area (Å²) >= 11 is 0. The summed E-state index contributed by atoms with van der Waals surface area (Å²) in [5, 5.41) is 0. The molecule has 0 saturated carbocycles. The second-order valence-corrected chi connectivity index (χ2v) is 6.58. The molecule has 3 heteroatoms. The first-order valence-electron chi connectivity index (χ1n) is 7.67. The number of hydrogen-bond acceptors (Lipinski definition) is 3. The molecule has 0 radical (unpaired) electrons. The fourth-order valence-electron chi connectivity index (χ4n) is 2.88. The molecular weight excluding hydrogens is 286 g/mol. The van der Waals surface area contributed by atoms with Gasteiger partial charge in [-0.2, -0.15) is 0 Å². The van der Waals surface area contributed by atoms with E-state index < -0.39 is 0 Å². The molecule has 0 bridgehead atoms. The Morgan fingerprint density at radius 2 is 1.87 bits per heavy atom. The van der Waals surface area contributed by atoms with Crippen LogP contribution in [0.3, 0.4) is 0 Å². The van der Waals surface area contributed by atoms with Crippen molar-refractivity contribution in [3.63, 3.8) is 0 Å². The molecule has 0 N–H and O–H groups in total. The van der Waals surface area contributed by atoms with E-state index >= 15 is 0 Å². The quantitative estimate of drug-likeness (QED) is 0.755. The summed E-state index contributed by atoms with van der Waals surface area (Å²) in [6.07, 6.45) is 1.38. The number of aromatic nitrogens is 1. The minimum absolute atomic E-state index is 0.0359. The molecule has 3 nitrogen and oxygen atoms in total. The van der Waals surface area contributed by atoms with Crippen molar-refractivity contribution in [2.75, 3.05) is 7.11 Å². The number of carbonyl (C=O) groups is 1. The number of Topliss-reactive ketones (excluding diaryl/α,β-unsaturated/α-hetero) is 1. The van der Waals surface area contributed by atoms with Gasteiger partial charge in [0, 0.05) is 12.0 Å². The molecule has 1 aliphatic rings. The van der Waals surface area contributed by atoms with Gasteiger partial charge in [0.25, 0.3) is 0 Å². The second kappa shape index (κ2) is 5.89. The second-order valence-electron chi connectivity index (χ2n) is 6.58. The highest BCUT2D eigenvalue weighted by atomic mass is 16.5. The van der Waals surface area contributed by atoms with E-state index in [0.29, 0.717) is 12.1 Å². The van der Waals surface area contributed by atoms with Gasteiger partial charge in [-0.25, -0.2) is 4.98 Å². The number of fused-ring (bicyclic) bond motifs is 1.